The molecule has 7 heteroatoms. The zero-order valence-electron chi connectivity index (χ0n) is 12.9. The molecule has 0 aliphatic heterocycles. The number of benzene rings is 2. The zero-order chi connectivity index (χ0) is 18.0. The van der Waals surface area contributed by atoms with E-state index >= 15 is 0 Å². The molecule has 1 amide bonds. The van der Waals surface area contributed by atoms with Gasteiger partial charge in [0.25, 0.3) is 5.91 Å². The zero-order valence-corrected chi connectivity index (χ0v) is 12.9. The van der Waals surface area contributed by atoms with Crippen LogP contribution in [-0.2, 0) is 11.0 Å². The molecule has 0 saturated heterocycles. The molecule has 0 atom stereocenters. The van der Waals surface area contributed by atoms with Crippen LogP contribution in [0.3, 0.4) is 0 Å². The summed E-state index contributed by atoms with van der Waals surface area (Å²) >= 11 is 0. The van der Waals surface area contributed by atoms with E-state index in [0.717, 1.165) is 12.1 Å². The number of alkyl halides is 3. The van der Waals surface area contributed by atoms with Gasteiger partial charge in [-0.2, -0.15) is 13.2 Å². The minimum Gasteiger partial charge on any atom is -0.478 e. The van der Waals surface area contributed by atoms with E-state index in [1.165, 1.54) is 50.2 Å². The molecular weight excluding hydrogens is 326 g/mol. The van der Waals surface area contributed by atoms with Crippen molar-refractivity contribution < 1.29 is 27.1 Å². The maximum absolute atomic E-state index is 12.9. The molecule has 2 aromatic rings. The molecule has 24 heavy (non-hydrogen) atoms. The van der Waals surface area contributed by atoms with Crippen LogP contribution in [0.5, 0.6) is 5.75 Å². The highest BCUT2D eigenvalue weighted by molar-refractivity contribution is 5.97. The van der Waals surface area contributed by atoms with Gasteiger partial charge in [0.05, 0.1) is 5.56 Å². The van der Waals surface area contributed by atoms with Crippen LogP contribution >= 0.6 is 0 Å². The van der Waals surface area contributed by atoms with Gasteiger partial charge in [-0.1, -0.05) is 6.07 Å². The molecule has 0 saturated carbocycles. The first-order valence-electron chi connectivity index (χ1n) is 7.01. The summed E-state index contributed by atoms with van der Waals surface area (Å²) in [7, 11) is 0. The van der Waals surface area contributed by atoms with E-state index in [4.69, 9.17) is 4.74 Å². The number of halogens is 4. The lowest BCUT2D eigenvalue weighted by molar-refractivity contribution is -0.137. The quantitative estimate of drug-likeness (QED) is 0.823. The SMILES string of the molecule is CC(C)(Oc1ccc(F)cc1)C(=O)Nc1cccc(C(F)(F)F)c1. The first kappa shape index (κ1) is 17.8. The minimum absolute atomic E-state index is 0.00519. The van der Waals surface area contributed by atoms with Gasteiger partial charge < -0.3 is 10.1 Å². The van der Waals surface area contributed by atoms with Crippen LogP contribution in [0.25, 0.3) is 0 Å². The molecule has 0 aromatic heterocycles. The van der Waals surface area contributed by atoms with Gasteiger partial charge in [-0.25, -0.2) is 4.39 Å². The minimum atomic E-state index is -4.50. The first-order chi connectivity index (χ1) is 11.1. The van der Waals surface area contributed by atoms with Crippen LogP contribution < -0.4 is 10.1 Å². The number of hydrogen-bond donors (Lipinski definition) is 1. The summed E-state index contributed by atoms with van der Waals surface area (Å²) in [5.74, 6) is -0.819. The lowest BCUT2D eigenvalue weighted by atomic mass is 10.1. The van der Waals surface area contributed by atoms with E-state index in [2.05, 4.69) is 5.32 Å². The van der Waals surface area contributed by atoms with E-state index in [9.17, 15) is 22.4 Å². The summed E-state index contributed by atoms with van der Waals surface area (Å²) < 4.78 is 56.4. The van der Waals surface area contributed by atoms with Crippen LogP contribution in [0.2, 0.25) is 0 Å². The van der Waals surface area contributed by atoms with Gasteiger partial charge in [0.2, 0.25) is 0 Å². The Morgan fingerprint density at radius 1 is 1.04 bits per heavy atom. The third-order valence-electron chi connectivity index (χ3n) is 3.18. The molecule has 0 bridgehead atoms. The van der Waals surface area contributed by atoms with Gasteiger partial charge in [0, 0.05) is 5.69 Å². The average Bonchev–Trinajstić information content (AvgIpc) is 2.49. The molecule has 3 nitrogen and oxygen atoms in total. The van der Waals surface area contributed by atoms with Crippen LogP contribution in [0.15, 0.2) is 48.5 Å². The number of hydrogen-bond acceptors (Lipinski definition) is 2. The fourth-order valence-electron chi connectivity index (χ4n) is 1.90. The Morgan fingerprint density at radius 2 is 1.67 bits per heavy atom. The Balaban J connectivity index is 2.11. The maximum atomic E-state index is 12.9. The fourth-order valence-corrected chi connectivity index (χ4v) is 1.90. The third kappa shape index (κ3) is 4.47. The Kier molecular flexibility index (Phi) is 4.82. The molecular formula is C17H15F4NO2. The van der Waals surface area contributed by atoms with Crippen molar-refractivity contribution in [1.82, 2.24) is 0 Å². The molecule has 0 heterocycles. The summed E-state index contributed by atoms with van der Waals surface area (Å²) in [4.78, 5) is 12.3. The molecule has 128 valence electrons. The normalized spacial score (nSPS) is 11.9. The average molecular weight is 341 g/mol. The largest absolute Gasteiger partial charge is 0.478 e. The monoisotopic (exact) mass is 341 g/mol. The highest BCUT2D eigenvalue weighted by atomic mass is 19.4. The van der Waals surface area contributed by atoms with E-state index in [0.29, 0.717) is 0 Å². The summed E-state index contributed by atoms with van der Waals surface area (Å²) in [6.07, 6.45) is -4.50. The van der Waals surface area contributed by atoms with Crippen molar-refractivity contribution >= 4 is 11.6 Å². The summed E-state index contributed by atoms with van der Waals surface area (Å²) in [5, 5.41) is 2.39. The predicted molar refractivity (Wildman–Crippen MR) is 81.2 cm³/mol. The molecule has 0 radical (unpaired) electrons. The van der Waals surface area contributed by atoms with E-state index in [1.54, 1.807) is 0 Å². The number of anilines is 1. The molecule has 1 N–H and O–H groups in total. The van der Waals surface area contributed by atoms with Crippen molar-refractivity contribution in [3.05, 3.63) is 59.9 Å². The molecule has 0 spiro atoms. The number of nitrogens with one attached hydrogen (secondary N) is 1. The topological polar surface area (TPSA) is 38.3 Å². The van der Waals surface area contributed by atoms with E-state index in [1.807, 2.05) is 0 Å². The molecule has 0 fully saturated rings. The molecule has 2 rings (SSSR count). The van der Waals surface area contributed by atoms with Crippen molar-refractivity contribution in [3.63, 3.8) is 0 Å². The van der Waals surface area contributed by atoms with Crippen LogP contribution in [0.1, 0.15) is 19.4 Å². The molecule has 0 aliphatic carbocycles. The smallest absolute Gasteiger partial charge is 0.416 e. The van der Waals surface area contributed by atoms with E-state index < -0.39 is 29.1 Å². The van der Waals surface area contributed by atoms with Crippen molar-refractivity contribution in [2.24, 2.45) is 0 Å². The van der Waals surface area contributed by atoms with Gasteiger partial charge in [-0.05, 0) is 56.3 Å². The van der Waals surface area contributed by atoms with Crippen molar-refractivity contribution in [1.29, 1.82) is 0 Å². The van der Waals surface area contributed by atoms with Crippen molar-refractivity contribution in [3.8, 4) is 5.75 Å². The number of amides is 1. The van der Waals surface area contributed by atoms with Crippen LogP contribution in [-0.4, -0.2) is 11.5 Å². The van der Waals surface area contributed by atoms with Crippen LogP contribution in [0, 0.1) is 5.82 Å². The number of carbonyl (C=O) groups excluding carboxylic acids is 1. The highest BCUT2D eigenvalue weighted by Crippen LogP contribution is 2.31. The Labute approximate surface area is 136 Å². The summed E-state index contributed by atoms with van der Waals surface area (Å²) in [6.45, 7) is 2.92. The number of ether oxygens (including phenoxy) is 1. The second kappa shape index (κ2) is 6.51. The third-order valence-corrected chi connectivity index (χ3v) is 3.18. The summed E-state index contributed by atoms with van der Waals surface area (Å²) in [5.41, 5.74) is -2.23. The Hall–Kier alpha value is -2.57. The van der Waals surface area contributed by atoms with Gasteiger partial charge in [0.1, 0.15) is 11.6 Å². The second-order valence-electron chi connectivity index (χ2n) is 5.60. The first-order valence-corrected chi connectivity index (χ1v) is 7.01. The lowest BCUT2D eigenvalue weighted by Gasteiger charge is -2.25. The highest BCUT2D eigenvalue weighted by Gasteiger charge is 2.32. The molecule has 0 aliphatic rings. The van der Waals surface area contributed by atoms with Crippen molar-refractivity contribution in [2.75, 3.05) is 5.32 Å². The van der Waals surface area contributed by atoms with Crippen LogP contribution in [0.4, 0.5) is 23.2 Å². The number of rotatable bonds is 4. The van der Waals surface area contributed by atoms with Gasteiger partial charge in [-0.3, -0.25) is 4.79 Å². The molecule has 2 aromatic carbocycles. The Bertz CT molecular complexity index is 724. The second-order valence-corrected chi connectivity index (χ2v) is 5.60. The van der Waals surface area contributed by atoms with Crippen molar-refractivity contribution in [2.45, 2.75) is 25.6 Å². The maximum Gasteiger partial charge on any atom is 0.416 e. The Morgan fingerprint density at radius 3 is 2.25 bits per heavy atom. The lowest BCUT2D eigenvalue weighted by Crippen LogP contribution is -2.42. The standard InChI is InChI=1S/C17H15F4NO2/c1-16(2,24-14-8-6-12(18)7-9-14)15(23)22-13-5-3-4-11(10-13)17(19,20)21/h3-10H,1-2H3,(H,22,23). The van der Waals surface area contributed by atoms with Gasteiger partial charge >= 0.3 is 6.18 Å². The summed E-state index contributed by atoms with van der Waals surface area (Å²) in [6, 6.07) is 9.37. The van der Waals surface area contributed by atoms with Gasteiger partial charge in [0.15, 0.2) is 5.60 Å². The molecule has 0 unspecified atom stereocenters. The van der Waals surface area contributed by atoms with Gasteiger partial charge in [-0.15, -0.1) is 0 Å². The fraction of sp³-hybridized carbons (Fsp3) is 0.235. The van der Waals surface area contributed by atoms with E-state index in [-0.39, 0.29) is 11.4 Å². The predicted octanol–water partition coefficient (Wildman–Crippen LogP) is 4.64. The number of carbonyl (C=O) groups is 1.